The first-order chi connectivity index (χ1) is 8.65. The van der Waals surface area contributed by atoms with E-state index in [-0.39, 0.29) is 5.41 Å². The Bertz CT molecular complexity index is 251. The molecule has 0 aromatic carbocycles. The van der Waals surface area contributed by atoms with Crippen LogP contribution in [0.5, 0.6) is 0 Å². The Morgan fingerprint density at radius 3 is 2.50 bits per heavy atom. The molecule has 3 heteroatoms. The van der Waals surface area contributed by atoms with Gasteiger partial charge in [-0.05, 0) is 46.3 Å². The summed E-state index contributed by atoms with van der Waals surface area (Å²) < 4.78 is 0. The van der Waals surface area contributed by atoms with Crippen molar-refractivity contribution in [3.05, 3.63) is 0 Å². The van der Waals surface area contributed by atoms with Gasteiger partial charge in [-0.3, -0.25) is 0 Å². The van der Waals surface area contributed by atoms with Crippen molar-refractivity contribution in [2.45, 2.75) is 51.0 Å². The zero-order valence-corrected chi connectivity index (χ0v) is 12.2. The van der Waals surface area contributed by atoms with Gasteiger partial charge in [0.15, 0.2) is 0 Å². The van der Waals surface area contributed by atoms with E-state index in [4.69, 9.17) is 0 Å². The molecule has 0 amide bonds. The predicted molar refractivity (Wildman–Crippen MR) is 75.8 cm³/mol. The van der Waals surface area contributed by atoms with Gasteiger partial charge in [-0.25, -0.2) is 0 Å². The topological polar surface area (TPSA) is 26.7 Å². The summed E-state index contributed by atoms with van der Waals surface area (Å²) in [5.41, 5.74) is 0.199. The van der Waals surface area contributed by atoms with Gasteiger partial charge in [-0.15, -0.1) is 0 Å². The molecule has 1 N–H and O–H groups in total. The first kappa shape index (κ1) is 14.3. The van der Waals surface area contributed by atoms with Gasteiger partial charge in [0.25, 0.3) is 0 Å². The highest BCUT2D eigenvalue weighted by Gasteiger charge is 2.33. The second kappa shape index (κ2) is 6.36. The van der Waals surface area contributed by atoms with Crippen LogP contribution < -0.4 is 0 Å². The van der Waals surface area contributed by atoms with Crippen LogP contribution >= 0.6 is 0 Å². The van der Waals surface area contributed by atoms with E-state index in [2.05, 4.69) is 23.9 Å². The van der Waals surface area contributed by atoms with E-state index in [1.165, 1.54) is 51.5 Å². The van der Waals surface area contributed by atoms with E-state index >= 15 is 0 Å². The van der Waals surface area contributed by atoms with Crippen LogP contribution in [-0.4, -0.2) is 61.3 Å². The second-order valence-corrected chi connectivity index (χ2v) is 6.69. The molecule has 2 aliphatic rings. The Labute approximate surface area is 112 Å². The van der Waals surface area contributed by atoms with E-state index in [9.17, 15) is 5.11 Å². The lowest BCUT2D eigenvalue weighted by molar-refractivity contribution is 0.0426. The lowest BCUT2D eigenvalue weighted by Crippen LogP contribution is -2.44. The molecule has 1 aliphatic heterocycles. The minimum atomic E-state index is 0.199. The van der Waals surface area contributed by atoms with Crippen molar-refractivity contribution in [1.82, 2.24) is 9.80 Å². The molecule has 3 nitrogen and oxygen atoms in total. The Hall–Kier alpha value is -0.120. The molecule has 18 heavy (non-hydrogen) atoms. The van der Waals surface area contributed by atoms with Crippen LogP contribution in [-0.2, 0) is 0 Å². The molecule has 1 aliphatic carbocycles. The maximum Gasteiger partial charge on any atom is 0.0499 e. The van der Waals surface area contributed by atoms with E-state index in [0.29, 0.717) is 6.61 Å². The van der Waals surface area contributed by atoms with Crippen molar-refractivity contribution in [2.24, 2.45) is 5.41 Å². The van der Waals surface area contributed by atoms with Crippen LogP contribution in [0.25, 0.3) is 0 Å². The van der Waals surface area contributed by atoms with Crippen LogP contribution in [0.4, 0.5) is 0 Å². The third-order valence-electron chi connectivity index (χ3n) is 5.05. The summed E-state index contributed by atoms with van der Waals surface area (Å²) in [5, 5.41) is 9.77. The minimum Gasteiger partial charge on any atom is -0.396 e. The van der Waals surface area contributed by atoms with Crippen molar-refractivity contribution >= 4 is 0 Å². The summed E-state index contributed by atoms with van der Waals surface area (Å²) in [7, 11) is 4.48. The first-order valence-electron chi connectivity index (χ1n) is 7.65. The molecule has 0 bridgehead atoms. The van der Waals surface area contributed by atoms with Crippen molar-refractivity contribution in [3.8, 4) is 0 Å². The highest BCUT2D eigenvalue weighted by atomic mass is 16.3. The first-order valence-corrected chi connectivity index (χ1v) is 7.65. The smallest absolute Gasteiger partial charge is 0.0499 e. The fourth-order valence-electron chi connectivity index (χ4n) is 3.87. The fourth-order valence-corrected chi connectivity index (χ4v) is 3.87. The number of hydrogen-bond donors (Lipinski definition) is 1. The van der Waals surface area contributed by atoms with Crippen molar-refractivity contribution in [1.29, 1.82) is 0 Å². The lowest BCUT2D eigenvalue weighted by atomic mass is 9.74. The molecular formula is C15H30N2O. The Kier molecular flexibility index (Phi) is 5.05. The predicted octanol–water partition coefficient (Wildman–Crippen LogP) is 1.96. The van der Waals surface area contributed by atoms with Crippen LogP contribution in [0.15, 0.2) is 0 Å². The van der Waals surface area contributed by atoms with Gasteiger partial charge in [0.2, 0.25) is 0 Å². The van der Waals surface area contributed by atoms with Crippen molar-refractivity contribution < 1.29 is 5.11 Å². The largest absolute Gasteiger partial charge is 0.396 e. The number of nitrogens with zero attached hydrogens (tertiary/aromatic N) is 2. The summed E-state index contributed by atoms with van der Waals surface area (Å²) >= 11 is 0. The molecule has 1 saturated heterocycles. The molecule has 2 rings (SSSR count). The fraction of sp³-hybridized carbons (Fsp3) is 1.00. The van der Waals surface area contributed by atoms with Gasteiger partial charge in [0, 0.05) is 31.2 Å². The molecule has 1 atom stereocenters. The Morgan fingerprint density at radius 2 is 1.94 bits per heavy atom. The molecule has 1 saturated carbocycles. The Balaban J connectivity index is 1.83. The van der Waals surface area contributed by atoms with Crippen molar-refractivity contribution in [2.75, 3.05) is 40.3 Å². The van der Waals surface area contributed by atoms with Gasteiger partial charge < -0.3 is 14.9 Å². The number of likely N-dealkylation sites (tertiary alicyclic amines) is 1. The average Bonchev–Trinajstić information content (AvgIpc) is 2.76. The summed E-state index contributed by atoms with van der Waals surface area (Å²) in [6.07, 6.45) is 9.09. The normalized spacial score (nSPS) is 29.0. The highest BCUT2D eigenvalue weighted by molar-refractivity contribution is 4.87. The molecule has 1 heterocycles. The summed E-state index contributed by atoms with van der Waals surface area (Å²) in [6.45, 7) is 3.87. The van der Waals surface area contributed by atoms with E-state index in [1.807, 2.05) is 0 Å². The molecule has 1 unspecified atom stereocenters. The number of aliphatic hydroxyl groups is 1. The highest BCUT2D eigenvalue weighted by Crippen LogP contribution is 2.36. The average molecular weight is 254 g/mol. The monoisotopic (exact) mass is 254 g/mol. The van der Waals surface area contributed by atoms with E-state index < -0.39 is 0 Å². The Morgan fingerprint density at radius 1 is 1.22 bits per heavy atom. The number of rotatable bonds is 5. The third kappa shape index (κ3) is 3.46. The van der Waals surface area contributed by atoms with Crippen LogP contribution in [0.3, 0.4) is 0 Å². The van der Waals surface area contributed by atoms with Gasteiger partial charge in [0.05, 0.1) is 0 Å². The van der Waals surface area contributed by atoms with Crippen molar-refractivity contribution in [3.63, 3.8) is 0 Å². The number of aliphatic hydroxyl groups excluding tert-OH is 1. The van der Waals surface area contributed by atoms with Crippen LogP contribution in [0.1, 0.15) is 44.9 Å². The maximum absolute atomic E-state index is 9.77. The standard InChI is InChI=1S/C15H30N2O/c1-16(11-14-7-6-10-17(14)2)12-15(13-18)8-4-3-5-9-15/h14,18H,3-13H2,1-2H3. The van der Waals surface area contributed by atoms with Gasteiger partial charge in [-0.2, -0.15) is 0 Å². The van der Waals surface area contributed by atoms with Gasteiger partial charge >= 0.3 is 0 Å². The van der Waals surface area contributed by atoms with Crippen LogP contribution in [0, 0.1) is 5.41 Å². The summed E-state index contributed by atoms with van der Waals surface area (Å²) in [5.74, 6) is 0. The van der Waals surface area contributed by atoms with E-state index in [1.54, 1.807) is 0 Å². The third-order valence-corrected chi connectivity index (χ3v) is 5.05. The SMILES string of the molecule is CN(CC1CCCN1C)CC1(CO)CCCCC1. The lowest BCUT2D eigenvalue weighted by Gasteiger charge is -2.39. The van der Waals surface area contributed by atoms with E-state index in [0.717, 1.165) is 19.1 Å². The zero-order chi connectivity index (χ0) is 13.0. The molecular weight excluding hydrogens is 224 g/mol. The van der Waals surface area contributed by atoms with Crippen LogP contribution in [0.2, 0.25) is 0 Å². The quantitative estimate of drug-likeness (QED) is 0.812. The molecule has 0 radical (unpaired) electrons. The molecule has 106 valence electrons. The minimum absolute atomic E-state index is 0.199. The molecule has 0 aromatic rings. The van der Waals surface area contributed by atoms with Gasteiger partial charge in [0.1, 0.15) is 0 Å². The summed E-state index contributed by atoms with van der Waals surface area (Å²) in [4.78, 5) is 4.96. The molecule has 0 aromatic heterocycles. The molecule has 2 fully saturated rings. The zero-order valence-electron chi connectivity index (χ0n) is 12.2. The molecule has 0 spiro atoms. The maximum atomic E-state index is 9.77. The summed E-state index contributed by atoms with van der Waals surface area (Å²) in [6, 6.07) is 0.731. The van der Waals surface area contributed by atoms with Gasteiger partial charge in [-0.1, -0.05) is 19.3 Å². The number of hydrogen-bond acceptors (Lipinski definition) is 3. The second-order valence-electron chi connectivity index (χ2n) is 6.69. The number of likely N-dealkylation sites (N-methyl/N-ethyl adjacent to an activating group) is 2.